The predicted molar refractivity (Wildman–Crippen MR) is 86.5 cm³/mol. The van der Waals surface area contributed by atoms with Crippen LogP contribution in [0.1, 0.15) is 11.4 Å². The summed E-state index contributed by atoms with van der Waals surface area (Å²) in [5.74, 6) is 1.50. The Morgan fingerprint density at radius 3 is 2.67 bits per heavy atom. The van der Waals surface area contributed by atoms with E-state index >= 15 is 0 Å². The van der Waals surface area contributed by atoms with Gasteiger partial charge in [0.1, 0.15) is 16.4 Å². The highest BCUT2D eigenvalue weighted by atomic mass is 35.5. The van der Waals surface area contributed by atoms with Gasteiger partial charge in [-0.05, 0) is 42.3 Å². The highest BCUT2D eigenvalue weighted by Crippen LogP contribution is 2.36. The molecule has 0 aliphatic heterocycles. The minimum Gasteiger partial charge on any atom is -0.497 e. The van der Waals surface area contributed by atoms with Gasteiger partial charge in [-0.1, -0.05) is 0 Å². The second kappa shape index (κ2) is 5.50. The monoisotopic (exact) mass is 320 g/mol. The molecule has 0 bridgehead atoms. The molecule has 21 heavy (non-hydrogen) atoms. The molecule has 0 aliphatic rings. The number of hydrogen-bond donors (Lipinski definition) is 1. The third-order valence-electron chi connectivity index (χ3n) is 3.33. The topological polar surface area (TPSA) is 55.0 Å². The summed E-state index contributed by atoms with van der Waals surface area (Å²) >= 11 is 7.26. The zero-order chi connectivity index (χ0) is 15.0. The maximum absolute atomic E-state index is 12.2. The Hall–Kier alpha value is -1.85. The van der Waals surface area contributed by atoms with Gasteiger partial charge < -0.3 is 9.72 Å². The molecule has 2 heterocycles. The van der Waals surface area contributed by atoms with Crippen molar-refractivity contribution in [1.82, 2.24) is 9.97 Å². The van der Waals surface area contributed by atoms with Gasteiger partial charge in [0.25, 0.3) is 5.56 Å². The number of benzene rings is 1. The lowest BCUT2D eigenvalue weighted by Crippen LogP contribution is -2.10. The first kappa shape index (κ1) is 14.1. The normalized spacial score (nSPS) is 11.0. The molecule has 4 nitrogen and oxygen atoms in total. The van der Waals surface area contributed by atoms with E-state index < -0.39 is 0 Å². The zero-order valence-corrected chi connectivity index (χ0v) is 13.1. The Morgan fingerprint density at radius 1 is 1.33 bits per heavy atom. The first-order valence-electron chi connectivity index (χ1n) is 6.36. The number of thiophene rings is 1. The number of fused-ring (bicyclic) bond motifs is 1. The number of aromatic nitrogens is 2. The molecule has 0 amide bonds. The van der Waals surface area contributed by atoms with Crippen molar-refractivity contribution in [2.45, 2.75) is 12.8 Å². The van der Waals surface area contributed by atoms with Crippen LogP contribution in [0.4, 0.5) is 0 Å². The maximum Gasteiger partial charge on any atom is 0.259 e. The standard InChI is InChI=1S/C15H13ClN2O2S/c1-8-12-14(19)17-11(7-16)18-15(12)21-13(8)9-3-5-10(20-2)6-4-9/h3-6H,7H2,1-2H3,(H,17,18,19). The molecule has 108 valence electrons. The van der Waals surface area contributed by atoms with Crippen LogP contribution in [0.25, 0.3) is 20.7 Å². The average Bonchev–Trinajstić information content (AvgIpc) is 2.84. The van der Waals surface area contributed by atoms with Crippen LogP contribution >= 0.6 is 22.9 Å². The van der Waals surface area contributed by atoms with Crippen molar-refractivity contribution in [1.29, 1.82) is 0 Å². The largest absolute Gasteiger partial charge is 0.497 e. The summed E-state index contributed by atoms with van der Waals surface area (Å²) in [4.78, 5) is 21.0. The molecular formula is C15H13ClN2O2S. The first-order chi connectivity index (χ1) is 10.1. The second-order valence-corrected chi connectivity index (χ2v) is 5.88. The van der Waals surface area contributed by atoms with Crippen molar-refractivity contribution in [3.8, 4) is 16.2 Å². The van der Waals surface area contributed by atoms with Crippen molar-refractivity contribution in [2.75, 3.05) is 7.11 Å². The van der Waals surface area contributed by atoms with E-state index in [4.69, 9.17) is 16.3 Å². The molecule has 3 rings (SSSR count). The van der Waals surface area contributed by atoms with Gasteiger partial charge in [0.05, 0.1) is 18.4 Å². The summed E-state index contributed by atoms with van der Waals surface area (Å²) in [6.07, 6.45) is 0. The lowest BCUT2D eigenvalue weighted by Gasteiger charge is -2.02. The Balaban J connectivity index is 2.21. The van der Waals surface area contributed by atoms with Gasteiger partial charge in [0.2, 0.25) is 0 Å². The summed E-state index contributed by atoms with van der Waals surface area (Å²) in [6, 6.07) is 7.77. The number of alkyl halides is 1. The Labute approximate surface area is 130 Å². The van der Waals surface area contributed by atoms with Gasteiger partial charge >= 0.3 is 0 Å². The van der Waals surface area contributed by atoms with Crippen molar-refractivity contribution >= 4 is 33.2 Å². The van der Waals surface area contributed by atoms with E-state index in [0.29, 0.717) is 11.2 Å². The number of H-pyrrole nitrogens is 1. The number of ether oxygens (including phenoxy) is 1. The van der Waals surface area contributed by atoms with Gasteiger partial charge in [-0.2, -0.15) is 0 Å². The first-order valence-corrected chi connectivity index (χ1v) is 7.72. The lowest BCUT2D eigenvalue weighted by atomic mass is 10.1. The highest BCUT2D eigenvalue weighted by molar-refractivity contribution is 7.22. The SMILES string of the molecule is COc1ccc(-c2sc3nc(CCl)[nH]c(=O)c3c2C)cc1. The quantitative estimate of drug-likeness (QED) is 0.748. The smallest absolute Gasteiger partial charge is 0.259 e. The van der Waals surface area contributed by atoms with Gasteiger partial charge in [0, 0.05) is 4.88 Å². The molecule has 0 spiro atoms. The molecule has 0 atom stereocenters. The van der Waals surface area contributed by atoms with Crippen LogP contribution in [-0.2, 0) is 5.88 Å². The minimum absolute atomic E-state index is 0.135. The Kier molecular flexibility index (Phi) is 3.69. The summed E-state index contributed by atoms with van der Waals surface area (Å²) < 4.78 is 5.17. The molecule has 2 aromatic heterocycles. The van der Waals surface area contributed by atoms with Crippen molar-refractivity contribution in [3.05, 3.63) is 46.0 Å². The summed E-state index contributed by atoms with van der Waals surface area (Å²) in [6.45, 7) is 1.94. The zero-order valence-electron chi connectivity index (χ0n) is 11.6. The molecule has 0 radical (unpaired) electrons. The number of aromatic amines is 1. The van der Waals surface area contributed by atoms with E-state index in [1.54, 1.807) is 7.11 Å². The van der Waals surface area contributed by atoms with E-state index in [1.807, 2.05) is 31.2 Å². The van der Waals surface area contributed by atoms with Crippen molar-refractivity contribution in [3.63, 3.8) is 0 Å². The van der Waals surface area contributed by atoms with Crippen LogP contribution in [0.5, 0.6) is 5.75 Å². The second-order valence-electron chi connectivity index (χ2n) is 4.61. The number of nitrogens with one attached hydrogen (secondary N) is 1. The van der Waals surface area contributed by atoms with Gasteiger partial charge in [0.15, 0.2) is 0 Å². The van der Waals surface area contributed by atoms with Gasteiger partial charge in [-0.3, -0.25) is 4.79 Å². The van der Waals surface area contributed by atoms with E-state index in [-0.39, 0.29) is 11.4 Å². The molecule has 6 heteroatoms. The van der Waals surface area contributed by atoms with Crippen LogP contribution in [0, 0.1) is 6.92 Å². The van der Waals surface area contributed by atoms with Crippen molar-refractivity contribution in [2.24, 2.45) is 0 Å². The van der Waals surface area contributed by atoms with E-state index in [2.05, 4.69) is 9.97 Å². The molecule has 0 fully saturated rings. The number of methoxy groups -OCH3 is 1. The third kappa shape index (κ3) is 2.43. The fourth-order valence-corrected chi connectivity index (χ4v) is 3.60. The summed E-state index contributed by atoms with van der Waals surface area (Å²) in [7, 11) is 1.64. The Bertz CT molecular complexity index is 852. The fourth-order valence-electron chi connectivity index (χ4n) is 2.27. The van der Waals surface area contributed by atoms with Crippen LogP contribution in [0.15, 0.2) is 29.1 Å². The number of aryl methyl sites for hydroxylation is 1. The molecule has 1 N–H and O–H groups in total. The van der Waals surface area contributed by atoms with Crippen LogP contribution in [0.2, 0.25) is 0 Å². The Morgan fingerprint density at radius 2 is 2.05 bits per heavy atom. The lowest BCUT2D eigenvalue weighted by molar-refractivity contribution is 0.415. The third-order valence-corrected chi connectivity index (χ3v) is 4.82. The highest BCUT2D eigenvalue weighted by Gasteiger charge is 2.15. The molecular weight excluding hydrogens is 308 g/mol. The average molecular weight is 321 g/mol. The minimum atomic E-state index is -0.135. The molecule has 3 aromatic rings. The molecule has 0 saturated carbocycles. The molecule has 0 saturated heterocycles. The maximum atomic E-state index is 12.2. The van der Waals surface area contributed by atoms with Crippen LogP contribution < -0.4 is 10.3 Å². The number of hydrogen-bond acceptors (Lipinski definition) is 4. The van der Waals surface area contributed by atoms with E-state index in [1.165, 1.54) is 11.3 Å². The van der Waals surface area contributed by atoms with E-state index in [9.17, 15) is 4.79 Å². The molecule has 0 aliphatic carbocycles. The summed E-state index contributed by atoms with van der Waals surface area (Å²) in [5, 5.41) is 0.639. The molecule has 0 unspecified atom stereocenters. The number of halogens is 1. The summed E-state index contributed by atoms with van der Waals surface area (Å²) in [5.41, 5.74) is 1.85. The van der Waals surface area contributed by atoms with E-state index in [0.717, 1.165) is 26.6 Å². The van der Waals surface area contributed by atoms with Crippen LogP contribution in [0.3, 0.4) is 0 Å². The number of rotatable bonds is 3. The van der Waals surface area contributed by atoms with Gasteiger partial charge in [-0.25, -0.2) is 4.98 Å². The fraction of sp³-hybridized carbons (Fsp3) is 0.200. The van der Waals surface area contributed by atoms with Gasteiger partial charge in [-0.15, -0.1) is 22.9 Å². The number of nitrogens with zero attached hydrogens (tertiary/aromatic N) is 1. The van der Waals surface area contributed by atoms with Crippen molar-refractivity contribution < 1.29 is 4.74 Å². The molecule has 1 aromatic carbocycles. The predicted octanol–water partition coefficient (Wildman–Crippen LogP) is 3.71. The van der Waals surface area contributed by atoms with Crippen LogP contribution in [-0.4, -0.2) is 17.1 Å².